The lowest BCUT2D eigenvalue weighted by molar-refractivity contribution is 0.603. The van der Waals surface area contributed by atoms with Crippen LogP contribution in [0.1, 0.15) is 0 Å². The average molecular weight is 124 g/mol. The summed E-state index contributed by atoms with van der Waals surface area (Å²) in [5, 5.41) is 0.826. The van der Waals surface area contributed by atoms with E-state index in [1.54, 1.807) is 0 Å². The van der Waals surface area contributed by atoms with Gasteiger partial charge in [0.2, 0.25) is 0 Å². The fourth-order valence-electron chi connectivity index (χ4n) is 0.489. The van der Waals surface area contributed by atoms with E-state index in [1.165, 1.54) is 0 Å². The fourth-order valence-corrected chi connectivity index (χ4v) is 0.783. The van der Waals surface area contributed by atoms with Crippen LogP contribution < -0.4 is 5.30 Å². The van der Waals surface area contributed by atoms with Crippen molar-refractivity contribution in [3.63, 3.8) is 0 Å². The Bertz CT molecular complexity index is 171. The molecule has 1 aromatic rings. The van der Waals surface area contributed by atoms with Gasteiger partial charge in [-0.2, -0.15) is 0 Å². The van der Waals surface area contributed by atoms with Crippen molar-refractivity contribution in [1.29, 1.82) is 0 Å². The summed E-state index contributed by atoms with van der Waals surface area (Å²) < 4.78 is 10.1. The molecule has 0 amide bonds. The smallest absolute Gasteiger partial charge is 0.192 e. The molecule has 0 saturated carbocycles. The summed E-state index contributed by atoms with van der Waals surface area (Å²) >= 11 is 0. The van der Waals surface area contributed by atoms with E-state index < -0.39 is 0 Å². The van der Waals surface area contributed by atoms with Crippen molar-refractivity contribution in [2.75, 3.05) is 0 Å². The van der Waals surface area contributed by atoms with Crippen molar-refractivity contribution in [2.24, 2.45) is 0 Å². The van der Waals surface area contributed by atoms with E-state index in [-0.39, 0.29) is 8.46 Å². The molecule has 0 spiro atoms. The molecule has 0 aromatic heterocycles. The fraction of sp³-hybridized carbons (Fsp3) is 0. The molecule has 0 bridgehead atoms. The first kappa shape index (κ1) is 5.46. The Morgan fingerprint density at radius 2 is 1.75 bits per heavy atom. The Kier molecular flexibility index (Phi) is 1.76. The van der Waals surface area contributed by atoms with Crippen molar-refractivity contribution < 1.29 is 4.57 Å². The molecule has 0 saturated heterocycles. The van der Waals surface area contributed by atoms with Crippen molar-refractivity contribution in [1.82, 2.24) is 0 Å². The molecule has 1 aromatic carbocycles. The van der Waals surface area contributed by atoms with Crippen LogP contribution in [0.15, 0.2) is 30.3 Å². The van der Waals surface area contributed by atoms with Crippen molar-refractivity contribution in [3.05, 3.63) is 30.3 Å². The molecule has 0 aliphatic heterocycles. The molecule has 0 heterocycles. The van der Waals surface area contributed by atoms with Crippen LogP contribution in [0.3, 0.4) is 0 Å². The summed E-state index contributed by atoms with van der Waals surface area (Å²) in [5.74, 6) is 0. The van der Waals surface area contributed by atoms with Crippen molar-refractivity contribution in [2.45, 2.75) is 0 Å². The lowest BCUT2D eigenvalue weighted by Gasteiger charge is -1.80. The number of hydrogen-bond acceptors (Lipinski definition) is 1. The predicted octanol–water partition coefficient (Wildman–Crippen LogP) is 1.60. The van der Waals surface area contributed by atoms with Gasteiger partial charge in [0, 0.05) is 5.30 Å². The van der Waals surface area contributed by atoms with Crippen LogP contribution in [0.25, 0.3) is 0 Å². The Morgan fingerprint density at radius 3 is 2.12 bits per heavy atom. The second-order valence-electron chi connectivity index (χ2n) is 1.43. The normalized spacial score (nSPS) is 9.50. The third kappa shape index (κ3) is 1.14. The first-order chi connectivity index (χ1) is 3.93. The average Bonchev–Trinajstić information content (AvgIpc) is 1.90. The van der Waals surface area contributed by atoms with Gasteiger partial charge >= 0.3 is 0 Å². The zero-order valence-electron chi connectivity index (χ0n) is 4.24. The SMILES string of the molecule is O=Pc1ccccc1. The minimum absolute atomic E-state index is 0.0994. The van der Waals surface area contributed by atoms with E-state index in [2.05, 4.69) is 0 Å². The van der Waals surface area contributed by atoms with Crippen LogP contribution >= 0.6 is 8.46 Å². The third-order valence-corrected chi connectivity index (χ3v) is 1.37. The summed E-state index contributed by atoms with van der Waals surface area (Å²) in [7, 11) is 0.0994. The molecule has 2 heteroatoms. The van der Waals surface area contributed by atoms with Crippen LogP contribution in [-0.4, -0.2) is 0 Å². The minimum Gasteiger partial charge on any atom is -0.269 e. The molecule has 0 radical (unpaired) electrons. The number of benzene rings is 1. The van der Waals surface area contributed by atoms with Gasteiger partial charge in [-0.1, -0.05) is 18.2 Å². The van der Waals surface area contributed by atoms with Gasteiger partial charge in [0.1, 0.15) is 0 Å². The quantitative estimate of drug-likeness (QED) is 0.519. The van der Waals surface area contributed by atoms with E-state index >= 15 is 0 Å². The van der Waals surface area contributed by atoms with E-state index in [1.807, 2.05) is 30.3 Å². The topological polar surface area (TPSA) is 17.1 Å². The first-order valence-corrected chi connectivity index (χ1v) is 3.13. The van der Waals surface area contributed by atoms with E-state index in [9.17, 15) is 4.57 Å². The standard InChI is InChI=1S/C6H5OP/c7-8-6-4-2-1-3-5-6/h1-5H. The maximum Gasteiger partial charge on any atom is 0.192 e. The maximum absolute atomic E-state index is 10.1. The highest BCUT2D eigenvalue weighted by molar-refractivity contribution is 7.34. The van der Waals surface area contributed by atoms with Gasteiger partial charge in [0.15, 0.2) is 8.46 Å². The first-order valence-electron chi connectivity index (χ1n) is 2.32. The van der Waals surface area contributed by atoms with Crippen LogP contribution in [0, 0.1) is 0 Å². The lowest BCUT2D eigenvalue weighted by atomic mass is 10.4. The largest absolute Gasteiger partial charge is 0.269 e. The number of rotatable bonds is 1. The Hall–Kier alpha value is -0.680. The molecule has 8 heavy (non-hydrogen) atoms. The molecule has 0 atom stereocenters. The second kappa shape index (κ2) is 2.58. The molecular weight excluding hydrogens is 119 g/mol. The molecule has 40 valence electrons. The van der Waals surface area contributed by atoms with Crippen LogP contribution in [0.2, 0.25) is 0 Å². The van der Waals surface area contributed by atoms with Gasteiger partial charge in [0.05, 0.1) is 0 Å². The lowest BCUT2D eigenvalue weighted by Crippen LogP contribution is -1.84. The molecule has 0 fully saturated rings. The molecule has 1 rings (SSSR count). The van der Waals surface area contributed by atoms with Crippen molar-refractivity contribution >= 4 is 13.8 Å². The maximum atomic E-state index is 10.1. The summed E-state index contributed by atoms with van der Waals surface area (Å²) in [4.78, 5) is 0. The van der Waals surface area contributed by atoms with Crippen LogP contribution in [0.4, 0.5) is 0 Å². The van der Waals surface area contributed by atoms with Gasteiger partial charge in [0.25, 0.3) is 0 Å². The summed E-state index contributed by atoms with van der Waals surface area (Å²) in [6, 6.07) is 9.25. The monoisotopic (exact) mass is 124 g/mol. The van der Waals surface area contributed by atoms with Gasteiger partial charge in [-0.25, -0.2) is 0 Å². The van der Waals surface area contributed by atoms with Crippen LogP contribution in [0.5, 0.6) is 0 Å². The van der Waals surface area contributed by atoms with Crippen LogP contribution in [-0.2, 0) is 4.57 Å². The third-order valence-electron chi connectivity index (χ3n) is 0.862. The van der Waals surface area contributed by atoms with E-state index in [0.717, 1.165) is 5.30 Å². The minimum atomic E-state index is 0.0994. The molecule has 0 unspecified atom stereocenters. The summed E-state index contributed by atoms with van der Waals surface area (Å²) in [6.07, 6.45) is 0. The molecule has 1 nitrogen and oxygen atoms in total. The Balaban J connectivity index is 2.99. The van der Waals surface area contributed by atoms with Crippen molar-refractivity contribution in [3.8, 4) is 0 Å². The highest BCUT2D eigenvalue weighted by Crippen LogP contribution is 1.92. The molecule has 0 aliphatic rings. The van der Waals surface area contributed by atoms with Gasteiger partial charge in [-0.05, 0) is 12.1 Å². The molecule has 0 N–H and O–H groups in total. The van der Waals surface area contributed by atoms with Gasteiger partial charge < -0.3 is 0 Å². The predicted molar refractivity (Wildman–Crippen MR) is 33.7 cm³/mol. The van der Waals surface area contributed by atoms with E-state index in [0.29, 0.717) is 0 Å². The zero-order chi connectivity index (χ0) is 5.82. The molecular formula is C6H5OP. The summed E-state index contributed by atoms with van der Waals surface area (Å²) in [5.41, 5.74) is 0. The Labute approximate surface area is 49.6 Å². The van der Waals surface area contributed by atoms with E-state index in [4.69, 9.17) is 0 Å². The van der Waals surface area contributed by atoms with Gasteiger partial charge in [-0.3, -0.25) is 4.57 Å². The number of hydrogen-bond donors (Lipinski definition) is 0. The highest BCUT2D eigenvalue weighted by Gasteiger charge is 1.81. The second-order valence-corrected chi connectivity index (χ2v) is 2.13. The van der Waals surface area contributed by atoms with Gasteiger partial charge in [-0.15, -0.1) is 0 Å². The molecule has 0 aliphatic carbocycles. The Morgan fingerprint density at radius 1 is 1.12 bits per heavy atom. The highest BCUT2D eigenvalue weighted by atomic mass is 31.1. The zero-order valence-corrected chi connectivity index (χ0v) is 5.14. The summed E-state index contributed by atoms with van der Waals surface area (Å²) in [6.45, 7) is 0.